The Morgan fingerprint density at radius 3 is 2.57 bits per heavy atom. The third-order valence-corrected chi connectivity index (χ3v) is 5.30. The summed E-state index contributed by atoms with van der Waals surface area (Å²) >= 11 is 3.15. The van der Waals surface area contributed by atoms with Gasteiger partial charge in [-0.2, -0.15) is 0 Å². The second-order valence-electron chi connectivity index (χ2n) is 4.92. The molecule has 23 heavy (non-hydrogen) atoms. The van der Waals surface area contributed by atoms with Crippen molar-refractivity contribution in [3.63, 3.8) is 0 Å². The molecule has 5 nitrogen and oxygen atoms in total. The summed E-state index contributed by atoms with van der Waals surface area (Å²) in [6.07, 6.45) is 0.703. The summed E-state index contributed by atoms with van der Waals surface area (Å²) in [4.78, 5) is 1.96. The zero-order valence-electron chi connectivity index (χ0n) is 12.4. The molecule has 1 fully saturated rings. The Bertz CT molecular complexity index is 587. The molecule has 1 aliphatic rings. The molecular formula is C13H21BrCl2FN3O2S. The minimum absolute atomic E-state index is 0. The maximum Gasteiger partial charge on any atom is 0.243 e. The molecule has 2 rings (SSSR count). The van der Waals surface area contributed by atoms with Gasteiger partial charge in [0, 0.05) is 37.2 Å². The molecule has 0 aromatic heterocycles. The highest BCUT2D eigenvalue weighted by Gasteiger charge is 2.19. The van der Waals surface area contributed by atoms with E-state index in [9.17, 15) is 12.8 Å². The maximum absolute atomic E-state index is 13.6. The average Bonchev–Trinajstić information content (AvgIpc) is 2.47. The van der Waals surface area contributed by atoms with Crippen molar-refractivity contribution in [1.29, 1.82) is 0 Å². The molecule has 1 saturated heterocycles. The molecule has 10 heteroatoms. The first-order chi connectivity index (χ1) is 9.99. The molecule has 1 aliphatic heterocycles. The van der Waals surface area contributed by atoms with Crippen LogP contribution in [0.2, 0.25) is 0 Å². The minimum Gasteiger partial charge on any atom is -0.314 e. The fraction of sp³-hybridized carbons (Fsp3) is 0.538. The highest BCUT2D eigenvalue weighted by molar-refractivity contribution is 9.10. The van der Waals surface area contributed by atoms with Crippen molar-refractivity contribution in [1.82, 2.24) is 14.9 Å². The van der Waals surface area contributed by atoms with Crippen LogP contribution in [0.1, 0.15) is 6.42 Å². The van der Waals surface area contributed by atoms with Gasteiger partial charge in [0.2, 0.25) is 10.0 Å². The molecule has 0 unspecified atom stereocenters. The third kappa shape index (κ3) is 7.21. The summed E-state index contributed by atoms with van der Waals surface area (Å²) in [5, 5.41) is 3.26. The number of piperazine rings is 1. The van der Waals surface area contributed by atoms with Crippen LogP contribution in [-0.2, 0) is 10.0 Å². The zero-order valence-corrected chi connectivity index (χ0v) is 16.5. The van der Waals surface area contributed by atoms with E-state index in [1.54, 1.807) is 0 Å². The van der Waals surface area contributed by atoms with Gasteiger partial charge in [0.25, 0.3) is 0 Å². The Balaban J connectivity index is 0.00000242. The van der Waals surface area contributed by atoms with Gasteiger partial charge in [-0.05, 0) is 31.2 Å². The van der Waals surface area contributed by atoms with Gasteiger partial charge in [-0.3, -0.25) is 0 Å². The minimum atomic E-state index is -3.80. The van der Waals surface area contributed by atoms with Gasteiger partial charge in [-0.1, -0.05) is 15.9 Å². The molecule has 1 aromatic carbocycles. The first-order valence-electron chi connectivity index (χ1n) is 6.87. The lowest BCUT2D eigenvalue weighted by Crippen LogP contribution is -2.44. The lowest BCUT2D eigenvalue weighted by Gasteiger charge is -2.27. The van der Waals surface area contributed by atoms with Crippen LogP contribution in [-0.4, -0.2) is 52.6 Å². The average molecular weight is 453 g/mol. The highest BCUT2D eigenvalue weighted by Crippen LogP contribution is 2.19. The van der Waals surface area contributed by atoms with Gasteiger partial charge < -0.3 is 10.2 Å². The summed E-state index contributed by atoms with van der Waals surface area (Å²) < 4.78 is 40.7. The number of halogens is 4. The Hall–Kier alpha value is 0.0400. The Labute approximate surface area is 157 Å². The van der Waals surface area contributed by atoms with Crippen molar-refractivity contribution in [2.75, 3.05) is 39.3 Å². The number of hydrogen-bond donors (Lipinski definition) is 2. The second kappa shape index (κ2) is 10.8. The number of nitrogens with zero attached hydrogens (tertiary/aromatic N) is 1. The van der Waals surface area contributed by atoms with Crippen LogP contribution in [0.5, 0.6) is 0 Å². The summed E-state index contributed by atoms with van der Waals surface area (Å²) in [5.41, 5.74) is 0. The smallest absolute Gasteiger partial charge is 0.243 e. The standard InChI is InChI=1S/C13H19BrFN3O2S.2ClH/c14-11-2-3-12(15)13(10-11)21(19,20)17-4-1-7-18-8-5-16-6-9-18;;/h2-3,10,16-17H,1,4-9H2;2*1H. The molecule has 0 bridgehead atoms. The van der Waals surface area contributed by atoms with Gasteiger partial charge in [-0.25, -0.2) is 17.5 Å². The van der Waals surface area contributed by atoms with E-state index in [2.05, 4.69) is 30.9 Å². The molecule has 2 N–H and O–H groups in total. The zero-order chi connectivity index (χ0) is 15.3. The maximum atomic E-state index is 13.6. The van der Waals surface area contributed by atoms with E-state index >= 15 is 0 Å². The number of hydrogen-bond acceptors (Lipinski definition) is 4. The van der Waals surface area contributed by atoms with E-state index < -0.39 is 15.8 Å². The largest absolute Gasteiger partial charge is 0.314 e. The summed E-state index contributed by atoms with van der Waals surface area (Å²) in [6, 6.07) is 3.88. The van der Waals surface area contributed by atoms with Crippen molar-refractivity contribution in [3.8, 4) is 0 Å². The highest BCUT2D eigenvalue weighted by atomic mass is 79.9. The Morgan fingerprint density at radius 2 is 1.91 bits per heavy atom. The number of benzene rings is 1. The van der Waals surface area contributed by atoms with E-state index in [-0.39, 0.29) is 29.7 Å². The normalized spacial score (nSPS) is 15.6. The molecule has 0 spiro atoms. The van der Waals surface area contributed by atoms with Crippen LogP contribution in [0.25, 0.3) is 0 Å². The molecular weight excluding hydrogens is 432 g/mol. The van der Waals surface area contributed by atoms with Crippen LogP contribution in [0.4, 0.5) is 4.39 Å². The van der Waals surface area contributed by atoms with Gasteiger partial charge >= 0.3 is 0 Å². The van der Waals surface area contributed by atoms with E-state index in [4.69, 9.17) is 0 Å². The SMILES string of the molecule is Cl.Cl.O=S(=O)(NCCCN1CCNCC1)c1cc(Br)ccc1F. The predicted molar refractivity (Wildman–Crippen MR) is 97.7 cm³/mol. The second-order valence-corrected chi connectivity index (χ2v) is 7.57. The summed E-state index contributed by atoms with van der Waals surface area (Å²) in [6.45, 7) is 5.04. The number of nitrogens with one attached hydrogen (secondary N) is 2. The molecule has 0 atom stereocenters. The summed E-state index contributed by atoms with van der Waals surface area (Å²) in [5.74, 6) is -0.743. The summed E-state index contributed by atoms with van der Waals surface area (Å²) in [7, 11) is -3.80. The van der Waals surface area contributed by atoms with Crippen LogP contribution in [0.15, 0.2) is 27.6 Å². The first-order valence-corrected chi connectivity index (χ1v) is 9.14. The lowest BCUT2D eigenvalue weighted by molar-refractivity contribution is 0.239. The van der Waals surface area contributed by atoms with Crippen molar-refractivity contribution in [2.45, 2.75) is 11.3 Å². The third-order valence-electron chi connectivity index (χ3n) is 3.34. The first kappa shape index (κ1) is 23.0. The van der Waals surface area contributed by atoms with E-state index in [1.807, 2.05) is 0 Å². The fourth-order valence-electron chi connectivity index (χ4n) is 2.20. The number of rotatable bonds is 6. The molecule has 0 amide bonds. The van der Waals surface area contributed by atoms with Crippen LogP contribution in [0, 0.1) is 5.82 Å². The molecule has 0 aliphatic carbocycles. The van der Waals surface area contributed by atoms with Crippen molar-refractivity contribution >= 4 is 50.8 Å². The van der Waals surface area contributed by atoms with Crippen molar-refractivity contribution < 1.29 is 12.8 Å². The Morgan fingerprint density at radius 1 is 1.26 bits per heavy atom. The fourth-order valence-corrected chi connectivity index (χ4v) is 3.89. The van der Waals surface area contributed by atoms with Crippen LogP contribution < -0.4 is 10.0 Å². The molecule has 1 heterocycles. The van der Waals surface area contributed by atoms with E-state index in [0.29, 0.717) is 17.4 Å². The van der Waals surface area contributed by atoms with Crippen molar-refractivity contribution in [2.24, 2.45) is 0 Å². The van der Waals surface area contributed by atoms with Crippen LogP contribution in [0.3, 0.4) is 0 Å². The van der Waals surface area contributed by atoms with Gasteiger partial charge in [-0.15, -0.1) is 24.8 Å². The topological polar surface area (TPSA) is 61.4 Å². The van der Waals surface area contributed by atoms with Gasteiger partial charge in [0.1, 0.15) is 10.7 Å². The van der Waals surface area contributed by atoms with Gasteiger partial charge in [0.15, 0.2) is 0 Å². The lowest BCUT2D eigenvalue weighted by atomic mass is 10.3. The van der Waals surface area contributed by atoms with Crippen LogP contribution >= 0.6 is 40.7 Å². The quantitative estimate of drug-likeness (QED) is 0.648. The monoisotopic (exact) mass is 451 g/mol. The molecule has 0 radical (unpaired) electrons. The Kier molecular flexibility index (Phi) is 10.8. The number of sulfonamides is 1. The van der Waals surface area contributed by atoms with E-state index in [0.717, 1.165) is 38.8 Å². The molecule has 134 valence electrons. The van der Waals surface area contributed by atoms with Gasteiger partial charge in [0.05, 0.1) is 0 Å². The molecule has 1 aromatic rings. The predicted octanol–water partition coefficient (Wildman–Crippen LogP) is 2.01. The van der Waals surface area contributed by atoms with Crippen molar-refractivity contribution in [3.05, 3.63) is 28.5 Å². The van der Waals surface area contributed by atoms with E-state index in [1.165, 1.54) is 12.1 Å². The molecule has 0 saturated carbocycles.